The first kappa shape index (κ1) is 19.8. The molecule has 0 aliphatic heterocycles. The summed E-state index contributed by atoms with van der Waals surface area (Å²) in [6.45, 7) is 1.93. The van der Waals surface area contributed by atoms with Crippen LogP contribution in [-0.4, -0.2) is 24.5 Å². The third-order valence-electron chi connectivity index (χ3n) is 3.42. The number of esters is 1. The number of ether oxygens (including phenoxy) is 1. The second-order valence-corrected chi connectivity index (χ2v) is 6.94. The number of hydrogen-bond acceptors (Lipinski definition) is 3. The molecule has 1 atom stereocenters. The Bertz CT molecular complexity index is 745. The molecule has 7 heteroatoms. The van der Waals surface area contributed by atoms with Crippen LogP contribution in [0.3, 0.4) is 0 Å². The van der Waals surface area contributed by atoms with E-state index in [1.54, 1.807) is 25.1 Å². The molecule has 0 fully saturated rings. The van der Waals surface area contributed by atoms with Crippen molar-refractivity contribution in [2.75, 3.05) is 6.61 Å². The summed E-state index contributed by atoms with van der Waals surface area (Å²) in [6.07, 6.45) is 0.292. The van der Waals surface area contributed by atoms with Crippen molar-refractivity contribution in [3.05, 3.63) is 68.1 Å². The highest BCUT2D eigenvalue weighted by atomic mass is 79.9. The molecule has 2 aromatic rings. The molecular weight excluding hydrogens is 429 g/mol. The normalized spacial score (nSPS) is 11.7. The lowest BCUT2D eigenvalue weighted by Gasteiger charge is -2.18. The van der Waals surface area contributed by atoms with Crippen LogP contribution in [0.2, 0.25) is 10.0 Å². The van der Waals surface area contributed by atoms with E-state index in [1.807, 2.05) is 24.3 Å². The van der Waals surface area contributed by atoms with E-state index in [0.29, 0.717) is 6.42 Å². The second-order valence-electron chi connectivity index (χ2n) is 5.21. The lowest BCUT2D eigenvalue weighted by Crippen LogP contribution is -2.43. The molecule has 1 amide bonds. The molecule has 2 rings (SSSR count). The van der Waals surface area contributed by atoms with E-state index in [9.17, 15) is 9.59 Å². The van der Waals surface area contributed by atoms with Crippen LogP contribution in [0.15, 0.2) is 46.9 Å². The summed E-state index contributed by atoms with van der Waals surface area (Å²) in [4.78, 5) is 24.8. The third kappa shape index (κ3) is 5.46. The lowest BCUT2D eigenvalue weighted by atomic mass is 10.1. The standard InChI is InChI=1S/C18H16BrCl2NO3/c1-2-25-18(24)15(10-11-6-8-12(19)9-7-11)22-17(23)16-13(20)4-3-5-14(16)21/h3-9,15H,2,10H2,1H3,(H,22,23)/t15-/m1/s1. The highest BCUT2D eigenvalue weighted by Gasteiger charge is 2.25. The average Bonchev–Trinajstić information content (AvgIpc) is 2.56. The van der Waals surface area contributed by atoms with Crippen LogP contribution < -0.4 is 5.32 Å². The first-order valence-electron chi connectivity index (χ1n) is 7.58. The molecule has 0 bridgehead atoms. The van der Waals surface area contributed by atoms with Crippen molar-refractivity contribution in [2.45, 2.75) is 19.4 Å². The minimum Gasteiger partial charge on any atom is -0.464 e. The zero-order chi connectivity index (χ0) is 18.4. The molecule has 0 aliphatic carbocycles. The summed E-state index contributed by atoms with van der Waals surface area (Å²) in [5.74, 6) is -1.03. The van der Waals surface area contributed by atoms with Gasteiger partial charge in [0.1, 0.15) is 6.04 Å². The number of hydrogen-bond donors (Lipinski definition) is 1. The summed E-state index contributed by atoms with van der Waals surface area (Å²) in [7, 11) is 0. The maximum absolute atomic E-state index is 12.6. The van der Waals surface area contributed by atoms with Gasteiger partial charge in [0.2, 0.25) is 0 Å². The molecule has 2 aromatic carbocycles. The van der Waals surface area contributed by atoms with E-state index in [1.165, 1.54) is 0 Å². The van der Waals surface area contributed by atoms with Gasteiger partial charge in [-0.15, -0.1) is 0 Å². The Balaban J connectivity index is 2.22. The minimum atomic E-state index is -0.846. The number of rotatable bonds is 6. The fraction of sp³-hybridized carbons (Fsp3) is 0.222. The second kappa shape index (κ2) is 9.22. The van der Waals surface area contributed by atoms with Crippen LogP contribution in [0.1, 0.15) is 22.8 Å². The van der Waals surface area contributed by atoms with E-state index >= 15 is 0 Å². The Morgan fingerprint density at radius 1 is 1.12 bits per heavy atom. The summed E-state index contributed by atoms with van der Waals surface area (Å²) >= 11 is 15.5. The molecule has 0 radical (unpaired) electrons. The monoisotopic (exact) mass is 443 g/mol. The van der Waals surface area contributed by atoms with Crippen molar-refractivity contribution in [2.24, 2.45) is 0 Å². The Hall–Kier alpha value is -1.56. The predicted molar refractivity (Wildman–Crippen MR) is 102 cm³/mol. The Morgan fingerprint density at radius 2 is 1.72 bits per heavy atom. The SMILES string of the molecule is CCOC(=O)[C@@H](Cc1ccc(Br)cc1)NC(=O)c1c(Cl)cccc1Cl. The summed E-state index contributed by atoms with van der Waals surface area (Å²) < 4.78 is 5.99. The van der Waals surface area contributed by atoms with E-state index < -0.39 is 17.9 Å². The quantitative estimate of drug-likeness (QED) is 0.659. The molecule has 0 saturated heterocycles. The number of halogens is 3. The van der Waals surface area contributed by atoms with Crippen molar-refractivity contribution in [3.8, 4) is 0 Å². The summed E-state index contributed by atoms with van der Waals surface area (Å²) in [6, 6.07) is 11.4. The first-order chi connectivity index (χ1) is 11.9. The van der Waals surface area contributed by atoms with Gasteiger partial charge < -0.3 is 10.1 Å². The topological polar surface area (TPSA) is 55.4 Å². The van der Waals surface area contributed by atoms with Gasteiger partial charge in [0.05, 0.1) is 22.2 Å². The van der Waals surface area contributed by atoms with Crippen molar-refractivity contribution >= 4 is 51.0 Å². The Kier molecular flexibility index (Phi) is 7.29. The maximum atomic E-state index is 12.6. The smallest absolute Gasteiger partial charge is 0.328 e. The predicted octanol–water partition coefficient (Wildman–Crippen LogP) is 4.66. The summed E-state index contributed by atoms with van der Waals surface area (Å²) in [5, 5.41) is 3.11. The van der Waals surface area contributed by atoms with Crippen molar-refractivity contribution in [1.29, 1.82) is 0 Å². The molecular formula is C18H16BrCl2NO3. The van der Waals surface area contributed by atoms with Gasteiger partial charge in [-0.2, -0.15) is 0 Å². The third-order valence-corrected chi connectivity index (χ3v) is 4.58. The molecule has 4 nitrogen and oxygen atoms in total. The van der Waals surface area contributed by atoms with Gasteiger partial charge in [-0.25, -0.2) is 4.79 Å². The molecule has 0 spiro atoms. The lowest BCUT2D eigenvalue weighted by molar-refractivity contribution is -0.145. The van der Waals surface area contributed by atoms with Crippen LogP contribution in [0.25, 0.3) is 0 Å². The Morgan fingerprint density at radius 3 is 2.28 bits per heavy atom. The van der Waals surface area contributed by atoms with E-state index in [0.717, 1.165) is 10.0 Å². The van der Waals surface area contributed by atoms with Crippen LogP contribution in [0, 0.1) is 0 Å². The van der Waals surface area contributed by atoms with Crippen LogP contribution in [0.5, 0.6) is 0 Å². The van der Waals surface area contributed by atoms with Gasteiger partial charge in [-0.1, -0.05) is 57.3 Å². The fourth-order valence-corrected chi connectivity index (χ4v) is 3.07. The molecule has 25 heavy (non-hydrogen) atoms. The Labute approximate surface area is 164 Å². The van der Waals surface area contributed by atoms with Gasteiger partial charge in [-0.05, 0) is 36.8 Å². The van der Waals surface area contributed by atoms with Gasteiger partial charge in [0.25, 0.3) is 5.91 Å². The number of nitrogens with one attached hydrogen (secondary N) is 1. The van der Waals surface area contributed by atoms with Gasteiger partial charge in [0, 0.05) is 10.9 Å². The van der Waals surface area contributed by atoms with E-state index in [2.05, 4.69) is 21.2 Å². The van der Waals surface area contributed by atoms with E-state index in [4.69, 9.17) is 27.9 Å². The van der Waals surface area contributed by atoms with Gasteiger partial charge >= 0.3 is 5.97 Å². The van der Waals surface area contributed by atoms with Gasteiger partial charge in [0.15, 0.2) is 0 Å². The molecule has 0 heterocycles. The van der Waals surface area contributed by atoms with Crippen LogP contribution in [-0.2, 0) is 16.0 Å². The zero-order valence-electron chi connectivity index (χ0n) is 13.4. The van der Waals surface area contributed by atoms with Crippen molar-refractivity contribution < 1.29 is 14.3 Å². The molecule has 132 valence electrons. The molecule has 0 saturated carbocycles. The van der Waals surface area contributed by atoms with E-state index in [-0.39, 0.29) is 22.2 Å². The largest absolute Gasteiger partial charge is 0.464 e. The first-order valence-corrected chi connectivity index (χ1v) is 9.13. The highest BCUT2D eigenvalue weighted by Crippen LogP contribution is 2.24. The summed E-state index contributed by atoms with van der Waals surface area (Å²) in [5.41, 5.74) is 1.02. The fourth-order valence-electron chi connectivity index (χ4n) is 2.24. The number of amides is 1. The highest BCUT2D eigenvalue weighted by molar-refractivity contribution is 9.10. The van der Waals surface area contributed by atoms with Crippen molar-refractivity contribution in [1.82, 2.24) is 5.32 Å². The molecule has 1 N–H and O–H groups in total. The molecule has 0 aromatic heterocycles. The van der Waals surface area contributed by atoms with Crippen LogP contribution >= 0.6 is 39.1 Å². The van der Waals surface area contributed by atoms with Crippen molar-refractivity contribution in [3.63, 3.8) is 0 Å². The number of carbonyl (C=O) groups is 2. The average molecular weight is 445 g/mol. The molecule has 0 unspecified atom stereocenters. The zero-order valence-corrected chi connectivity index (χ0v) is 16.5. The number of carbonyl (C=O) groups excluding carboxylic acids is 2. The number of benzene rings is 2. The molecule has 0 aliphatic rings. The maximum Gasteiger partial charge on any atom is 0.328 e. The van der Waals surface area contributed by atoms with Gasteiger partial charge in [-0.3, -0.25) is 4.79 Å². The minimum absolute atomic E-state index is 0.135. The van der Waals surface area contributed by atoms with Crippen LogP contribution in [0.4, 0.5) is 0 Å².